The highest BCUT2D eigenvalue weighted by Gasteiger charge is 2.18. The molecule has 0 radical (unpaired) electrons. The van der Waals surface area contributed by atoms with Gasteiger partial charge in [-0.15, -0.1) is 11.3 Å². The molecule has 1 heterocycles. The van der Waals surface area contributed by atoms with Gasteiger partial charge in [-0.3, -0.25) is 0 Å². The molecule has 112 valence electrons. The minimum atomic E-state index is 0.317. The second-order valence-corrected chi connectivity index (χ2v) is 8.23. The van der Waals surface area contributed by atoms with E-state index in [1.54, 1.807) is 11.1 Å². The summed E-state index contributed by atoms with van der Waals surface area (Å²) in [7, 11) is 0. The van der Waals surface area contributed by atoms with E-state index in [0.717, 1.165) is 6.54 Å². The first-order valence-corrected chi connectivity index (χ1v) is 9.41. The van der Waals surface area contributed by atoms with E-state index in [4.69, 9.17) is 0 Å². The molecule has 0 saturated carbocycles. The molecule has 0 amide bonds. The monoisotopic (exact) mass is 363 g/mol. The van der Waals surface area contributed by atoms with E-state index < -0.39 is 0 Å². The van der Waals surface area contributed by atoms with Crippen molar-refractivity contribution >= 4 is 27.3 Å². The molecule has 0 bridgehead atoms. The summed E-state index contributed by atoms with van der Waals surface area (Å²) in [6.07, 6.45) is 5.19. The van der Waals surface area contributed by atoms with Crippen LogP contribution in [-0.2, 0) is 12.8 Å². The van der Waals surface area contributed by atoms with Crippen molar-refractivity contribution in [3.8, 4) is 0 Å². The van der Waals surface area contributed by atoms with Crippen molar-refractivity contribution in [3.05, 3.63) is 55.2 Å². The van der Waals surface area contributed by atoms with E-state index in [1.807, 2.05) is 11.3 Å². The zero-order valence-electron chi connectivity index (χ0n) is 12.7. The largest absolute Gasteiger partial charge is 0.306 e. The van der Waals surface area contributed by atoms with Crippen LogP contribution in [0.4, 0.5) is 0 Å². The van der Waals surface area contributed by atoms with Crippen molar-refractivity contribution in [1.29, 1.82) is 0 Å². The van der Waals surface area contributed by atoms with Crippen molar-refractivity contribution in [2.45, 2.75) is 45.6 Å². The summed E-state index contributed by atoms with van der Waals surface area (Å²) in [5.41, 5.74) is 5.86. The van der Waals surface area contributed by atoms with Crippen LogP contribution < -0.4 is 5.32 Å². The molecule has 1 N–H and O–H groups in total. The van der Waals surface area contributed by atoms with Crippen molar-refractivity contribution in [2.75, 3.05) is 6.54 Å². The summed E-state index contributed by atoms with van der Waals surface area (Å²) in [6, 6.07) is 9.73. The third kappa shape index (κ3) is 3.25. The molecule has 1 aliphatic rings. The Morgan fingerprint density at radius 3 is 2.62 bits per heavy atom. The number of rotatable bonds is 4. The van der Waals surface area contributed by atoms with Crippen LogP contribution in [0.15, 0.2) is 28.1 Å². The highest BCUT2D eigenvalue weighted by molar-refractivity contribution is 9.11. The Morgan fingerprint density at radius 2 is 1.95 bits per heavy atom. The fourth-order valence-electron chi connectivity index (χ4n) is 3.15. The maximum Gasteiger partial charge on any atom is 0.0731 e. The summed E-state index contributed by atoms with van der Waals surface area (Å²) in [6.45, 7) is 5.33. The first-order valence-electron chi connectivity index (χ1n) is 7.80. The molecule has 2 aromatic rings. The molecule has 1 unspecified atom stereocenters. The van der Waals surface area contributed by atoms with Gasteiger partial charge in [0, 0.05) is 4.88 Å². The van der Waals surface area contributed by atoms with Gasteiger partial charge in [0.1, 0.15) is 0 Å². The van der Waals surface area contributed by atoms with E-state index >= 15 is 0 Å². The third-order valence-corrected chi connectivity index (χ3v) is 6.48. The van der Waals surface area contributed by atoms with Crippen LogP contribution in [0.2, 0.25) is 0 Å². The van der Waals surface area contributed by atoms with Gasteiger partial charge in [-0.05, 0) is 83.4 Å². The van der Waals surface area contributed by atoms with Crippen molar-refractivity contribution in [2.24, 2.45) is 0 Å². The van der Waals surface area contributed by atoms with Crippen LogP contribution in [0.25, 0.3) is 0 Å². The Morgan fingerprint density at radius 1 is 1.19 bits per heavy atom. The third-order valence-electron chi connectivity index (χ3n) is 4.27. The normalized spacial score (nSPS) is 15.8. The van der Waals surface area contributed by atoms with E-state index in [2.05, 4.69) is 59.4 Å². The average molecular weight is 364 g/mol. The second kappa shape index (κ2) is 6.64. The van der Waals surface area contributed by atoms with Gasteiger partial charge in [0.25, 0.3) is 0 Å². The van der Waals surface area contributed by atoms with Gasteiger partial charge in [0.05, 0.1) is 9.83 Å². The number of fused-ring (bicyclic) bond motifs is 1. The van der Waals surface area contributed by atoms with Gasteiger partial charge in [0.2, 0.25) is 0 Å². The number of aryl methyl sites for hydroxylation is 3. The highest BCUT2D eigenvalue weighted by Crippen LogP contribution is 2.35. The molecule has 3 rings (SSSR count). The quantitative estimate of drug-likeness (QED) is 0.766. The van der Waals surface area contributed by atoms with Crippen LogP contribution in [0.3, 0.4) is 0 Å². The Bertz CT molecular complexity index is 613. The predicted octanol–water partition coefficient (Wildman–Crippen LogP) is 5.40. The maximum absolute atomic E-state index is 3.66. The number of hydrogen-bond donors (Lipinski definition) is 1. The molecular weight excluding hydrogens is 342 g/mol. The van der Waals surface area contributed by atoms with Gasteiger partial charge in [0.15, 0.2) is 0 Å². The standard InChI is InChI=1S/C18H22BrNS/c1-3-20-17(16-10-12(2)18(19)21-16)15-9-8-13-6-4-5-7-14(13)11-15/h8-11,17,20H,3-7H2,1-2H3. The molecule has 3 heteroatoms. The average Bonchev–Trinajstić information content (AvgIpc) is 2.83. The first-order chi connectivity index (χ1) is 10.2. The summed E-state index contributed by atoms with van der Waals surface area (Å²) >= 11 is 5.51. The Labute approximate surface area is 139 Å². The minimum absolute atomic E-state index is 0.317. The van der Waals surface area contributed by atoms with Crippen molar-refractivity contribution in [3.63, 3.8) is 0 Å². The van der Waals surface area contributed by atoms with E-state index in [1.165, 1.54) is 45.5 Å². The smallest absolute Gasteiger partial charge is 0.0731 e. The molecule has 1 aliphatic carbocycles. The lowest BCUT2D eigenvalue weighted by Gasteiger charge is -2.21. The van der Waals surface area contributed by atoms with Crippen LogP contribution in [0, 0.1) is 6.92 Å². The van der Waals surface area contributed by atoms with E-state index in [0.29, 0.717) is 6.04 Å². The van der Waals surface area contributed by atoms with Gasteiger partial charge >= 0.3 is 0 Å². The summed E-state index contributed by atoms with van der Waals surface area (Å²) in [5.74, 6) is 0. The molecule has 1 aromatic carbocycles. The highest BCUT2D eigenvalue weighted by atomic mass is 79.9. The zero-order chi connectivity index (χ0) is 14.8. The van der Waals surface area contributed by atoms with Crippen molar-refractivity contribution < 1.29 is 0 Å². The lowest BCUT2D eigenvalue weighted by molar-refractivity contribution is 0.633. The molecule has 1 aromatic heterocycles. The van der Waals surface area contributed by atoms with E-state index in [-0.39, 0.29) is 0 Å². The first kappa shape index (κ1) is 15.3. The van der Waals surface area contributed by atoms with Crippen LogP contribution >= 0.6 is 27.3 Å². The Balaban J connectivity index is 1.97. The van der Waals surface area contributed by atoms with Gasteiger partial charge in [-0.1, -0.05) is 25.1 Å². The topological polar surface area (TPSA) is 12.0 Å². The number of thiophene rings is 1. The van der Waals surface area contributed by atoms with E-state index in [9.17, 15) is 0 Å². The molecule has 1 nitrogen and oxygen atoms in total. The SMILES string of the molecule is CCNC(c1ccc2c(c1)CCCC2)c1cc(C)c(Br)s1. The fraction of sp³-hybridized carbons (Fsp3) is 0.444. The second-order valence-electron chi connectivity index (χ2n) is 5.83. The van der Waals surface area contributed by atoms with Crippen LogP contribution in [0.5, 0.6) is 0 Å². The van der Waals surface area contributed by atoms with Crippen LogP contribution in [0.1, 0.15) is 52.9 Å². The van der Waals surface area contributed by atoms with Gasteiger partial charge < -0.3 is 5.32 Å². The predicted molar refractivity (Wildman–Crippen MR) is 95.4 cm³/mol. The zero-order valence-corrected chi connectivity index (χ0v) is 15.1. The summed E-state index contributed by atoms with van der Waals surface area (Å²) < 4.78 is 1.25. The maximum atomic E-state index is 3.66. The number of hydrogen-bond acceptors (Lipinski definition) is 2. The fourth-order valence-corrected chi connectivity index (χ4v) is 4.82. The lowest BCUT2D eigenvalue weighted by atomic mass is 9.89. The Hall–Kier alpha value is -0.640. The molecule has 0 saturated heterocycles. The minimum Gasteiger partial charge on any atom is -0.306 e. The number of halogens is 1. The molecule has 0 fully saturated rings. The number of nitrogens with one attached hydrogen (secondary N) is 1. The van der Waals surface area contributed by atoms with Crippen LogP contribution in [-0.4, -0.2) is 6.54 Å². The molecule has 21 heavy (non-hydrogen) atoms. The summed E-state index contributed by atoms with van der Waals surface area (Å²) in [5, 5.41) is 3.65. The molecular formula is C18H22BrNS. The Kier molecular flexibility index (Phi) is 4.82. The molecule has 0 aliphatic heterocycles. The molecule has 1 atom stereocenters. The molecule has 0 spiro atoms. The lowest BCUT2D eigenvalue weighted by Crippen LogP contribution is -2.21. The van der Waals surface area contributed by atoms with Crippen molar-refractivity contribution in [1.82, 2.24) is 5.32 Å². The van der Waals surface area contributed by atoms with Gasteiger partial charge in [-0.25, -0.2) is 0 Å². The van der Waals surface area contributed by atoms with Gasteiger partial charge in [-0.2, -0.15) is 0 Å². The number of benzene rings is 1. The summed E-state index contributed by atoms with van der Waals surface area (Å²) in [4.78, 5) is 1.40.